The van der Waals surface area contributed by atoms with Crippen molar-refractivity contribution in [2.24, 2.45) is 0 Å². The van der Waals surface area contributed by atoms with Gasteiger partial charge in [-0.2, -0.15) is 0 Å². The third kappa shape index (κ3) is 4.87. The number of hydrogen-bond acceptors (Lipinski definition) is 3. The van der Waals surface area contributed by atoms with E-state index in [1.54, 1.807) is 12.1 Å². The smallest absolute Gasteiger partial charge is 0.251 e. The monoisotopic (exact) mass is 408 g/mol. The molecule has 0 atom stereocenters. The largest absolute Gasteiger partial charge is 0.379 e. The molecule has 2 rings (SSSR count). The lowest BCUT2D eigenvalue weighted by atomic mass is 10.2. The Hall–Kier alpha value is -0.370. The van der Waals surface area contributed by atoms with Crippen LogP contribution in [-0.4, -0.2) is 50.2 Å². The first kappa shape index (κ1) is 16.0. The first-order chi connectivity index (χ1) is 9.66. The summed E-state index contributed by atoms with van der Waals surface area (Å²) in [6.45, 7) is 5.28. The van der Waals surface area contributed by atoms with Crippen molar-refractivity contribution in [2.45, 2.75) is 6.42 Å². The molecule has 0 spiro atoms. The van der Waals surface area contributed by atoms with Crippen LogP contribution >= 0.6 is 34.2 Å². The molecular formula is C14H18ClIN2O2. The molecule has 1 fully saturated rings. The molecule has 1 aromatic carbocycles. The average Bonchev–Trinajstić information content (AvgIpc) is 2.47. The summed E-state index contributed by atoms with van der Waals surface area (Å²) in [7, 11) is 0. The van der Waals surface area contributed by atoms with Gasteiger partial charge in [-0.05, 0) is 53.8 Å². The molecule has 0 aromatic heterocycles. The molecule has 1 aromatic rings. The zero-order valence-electron chi connectivity index (χ0n) is 11.2. The van der Waals surface area contributed by atoms with Crippen molar-refractivity contribution >= 4 is 40.1 Å². The van der Waals surface area contributed by atoms with E-state index in [0.717, 1.165) is 42.8 Å². The van der Waals surface area contributed by atoms with Crippen LogP contribution in [0.4, 0.5) is 0 Å². The fourth-order valence-corrected chi connectivity index (χ4v) is 2.58. The van der Waals surface area contributed by atoms with Crippen LogP contribution in [0.15, 0.2) is 18.2 Å². The number of nitrogens with zero attached hydrogens (tertiary/aromatic N) is 1. The molecule has 1 aliphatic rings. The zero-order chi connectivity index (χ0) is 14.4. The number of halogens is 2. The van der Waals surface area contributed by atoms with Gasteiger partial charge in [0, 0.05) is 28.8 Å². The summed E-state index contributed by atoms with van der Waals surface area (Å²) in [4.78, 5) is 14.3. The first-order valence-electron chi connectivity index (χ1n) is 6.70. The molecule has 1 N–H and O–H groups in total. The van der Waals surface area contributed by atoms with Gasteiger partial charge in [-0.25, -0.2) is 0 Å². The maximum absolute atomic E-state index is 12.0. The maximum atomic E-state index is 12.0. The molecular weight excluding hydrogens is 391 g/mol. The molecule has 0 saturated carbocycles. The lowest BCUT2D eigenvalue weighted by Gasteiger charge is -2.26. The molecule has 4 nitrogen and oxygen atoms in total. The van der Waals surface area contributed by atoms with E-state index in [4.69, 9.17) is 16.3 Å². The highest BCUT2D eigenvalue weighted by molar-refractivity contribution is 14.1. The van der Waals surface area contributed by atoms with Crippen LogP contribution in [0.25, 0.3) is 0 Å². The lowest BCUT2D eigenvalue weighted by Crippen LogP contribution is -2.38. The number of hydrogen-bond donors (Lipinski definition) is 1. The SMILES string of the molecule is O=C(NCCCN1CCOCC1)c1ccc(I)c(Cl)c1. The Labute approximate surface area is 137 Å². The van der Waals surface area contributed by atoms with Gasteiger partial charge in [0.2, 0.25) is 0 Å². The summed E-state index contributed by atoms with van der Waals surface area (Å²) in [6.07, 6.45) is 0.948. The van der Waals surface area contributed by atoms with Crippen LogP contribution in [0.2, 0.25) is 5.02 Å². The van der Waals surface area contributed by atoms with E-state index in [2.05, 4.69) is 32.8 Å². The summed E-state index contributed by atoms with van der Waals surface area (Å²) in [5, 5.41) is 3.54. The number of amides is 1. The van der Waals surface area contributed by atoms with Crippen molar-refractivity contribution < 1.29 is 9.53 Å². The summed E-state index contributed by atoms with van der Waals surface area (Å²) in [5.74, 6) is -0.0646. The number of nitrogens with one attached hydrogen (secondary N) is 1. The van der Waals surface area contributed by atoms with Gasteiger partial charge in [0.1, 0.15) is 0 Å². The summed E-state index contributed by atoms with van der Waals surface area (Å²) < 4.78 is 6.25. The summed E-state index contributed by atoms with van der Waals surface area (Å²) >= 11 is 8.16. The number of carbonyl (C=O) groups is 1. The number of benzene rings is 1. The van der Waals surface area contributed by atoms with Crippen LogP contribution < -0.4 is 5.32 Å². The van der Waals surface area contributed by atoms with Crippen molar-refractivity contribution in [2.75, 3.05) is 39.4 Å². The maximum Gasteiger partial charge on any atom is 0.251 e. The fourth-order valence-electron chi connectivity index (χ4n) is 2.07. The highest BCUT2D eigenvalue weighted by atomic mass is 127. The third-order valence-electron chi connectivity index (χ3n) is 3.22. The van der Waals surface area contributed by atoms with Crippen LogP contribution in [0.3, 0.4) is 0 Å². The summed E-state index contributed by atoms with van der Waals surface area (Å²) in [5.41, 5.74) is 0.613. The standard InChI is InChI=1S/C14H18ClIN2O2/c15-12-10-11(2-3-13(12)16)14(19)17-4-1-5-18-6-8-20-9-7-18/h2-3,10H,1,4-9H2,(H,17,19). The van der Waals surface area contributed by atoms with Gasteiger partial charge in [0.05, 0.1) is 18.2 Å². The van der Waals surface area contributed by atoms with Gasteiger partial charge >= 0.3 is 0 Å². The average molecular weight is 409 g/mol. The first-order valence-corrected chi connectivity index (χ1v) is 8.16. The molecule has 110 valence electrons. The van der Waals surface area contributed by atoms with E-state index >= 15 is 0 Å². The van der Waals surface area contributed by atoms with Gasteiger partial charge in [-0.3, -0.25) is 9.69 Å². The molecule has 6 heteroatoms. The summed E-state index contributed by atoms with van der Waals surface area (Å²) in [6, 6.07) is 5.36. The molecule has 1 aliphatic heterocycles. The van der Waals surface area contributed by atoms with Crippen molar-refractivity contribution in [3.63, 3.8) is 0 Å². The minimum atomic E-state index is -0.0646. The molecule has 0 aliphatic carbocycles. The van der Waals surface area contributed by atoms with E-state index in [1.165, 1.54) is 0 Å². The van der Waals surface area contributed by atoms with Crippen molar-refractivity contribution in [1.29, 1.82) is 0 Å². The van der Waals surface area contributed by atoms with Crippen LogP contribution in [0.5, 0.6) is 0 Å². The van der Waals surface area contributed by atoms with Crippen molar-refractivity contribution in [3.05, 3.63) is 32.4 Å². The normalized spacial score (nSPS) is 16.1. The third-order valence-corrected chi connectivity index (χ3v) is 4.79. The topological polar surface area (TPSA) is 41.6 Å². The van der Waals surface area contributed by atoms with E-state index in [-0.39, 0.29) is 5.91 Å². The van der Waals surface area contributed by atoms with E-state index in [9.17, 15) is 4.79 Å². The van der Waals surface area contributed by atoms with E-state index < -0.39 is 0 Å². The van der Waals surface area contributed by atoms with Crippen LogP contribution in [-0.2, 0) is 4.74 Å². The minimum Gasteiger partial charge on any atom is -0.379 e. The Morgan fingerprint density at radius 3 is 2.85 bits per heavy atom. The highest BCUT2D eigenvalue weighted by Crippen LogP contribution is 2.19. The Morgan fingerprint density at radius 2 is 2.15 bits per heavy atom. The van der Waals surface area contributed by atoms with Gasteiger partial charge in [-0.15, -0.1) is 0 Å². The van der Waals surface area contributed by atoms with Gasteiger partial charge in [0.25, 0.3) is 5.91 Å². The van der Waals surface area contributed by atoms with Crippen molar-refractivity contribution in [3.8, 4) is 0 Å². The highest BCUT2D eigenvalue weighted by Gasteiger charge is 2.10. The quantitative estimate of drug-likeness (QED) is 0.601. The molecule has 1 saturated heterocycles. The van der Waals surface area contributed by atoms with Gasteiger partial charge < -0.3 is 10.1 Å². The van der Waals surface area contributed by atoms with Crippen LogP contribution in [0, 0.1) is 3.57 Å². The number of ether oxygens (including phenoxy) is 1. The molecule has 0 bridgehead atoms. The fraction of sp³-hybridized carbons (Fsp3) is 0.500. The van der Waals surface area contributed by atoms with Gasteiger partial charge in [0.15, 0.2) is 0 Å². The van der Waals surface area contributed by atoms with E-state index in [0.29, 0.717) is 17.1 Å². The second kappa shape index (κ2) is 8.17. The second-order valence-corrected chi connectivity index (χ2v) is 6.26. The number of morpholine rings is 1. The molecule has 1 heterocycles. The molecule has 20 heavy (non-hydrogen) atoms. The Balaban J connectivity index is 1.70. The zero-order valence-corrected chi connectivity index (χ0v) is 14.1. The van der Waals surface area contributed by atoms with Crippen LogP contribution in [0.1, 0.15) is 16.8 Å². The predicted molar refractivity (Wildman–Crippen MR) is 88.4 cm³/mol. The molecule has 0 radical (unpaired) electrons. The van der Waals surface area contributed by atoms with Gasteiger partial charge in [-0.1, -0.05) is 11.6 Å². The van der Waals surface area contributed by atoms with Crippen molar-refractivity contribution in [1.82, 2.24) is 10.2 Å². The lowest BCUT2D eigenvalue weighted by molar-refractivity contribution is 0.0374. The molecule has 0 unspecified atom stereocenters. The minimum absolute atomic E-state index is 0.0646. The Kier molecular flexibility index (Phi) is 6.54. The Bertz CT molecular complexity index is 464. The second-order valence-electron chi connectivity index (χ2n) is 4.69. The predicted octanol–water partition coefficient (Wildman–Crippen LogP) is 2.40. The number of rotatable bonds is 5. The van der Waals surface area contributed by atoms with E-state index in [1.807, 2.05) is 6.07 Å². The molecule has 1 amide bonds. The Morgan fingerprint density at radius 1 is 1.40 bits per heavy atom. The number of carbonyl (C=O) groups excluding carboxylic acids is 1.